The molecule has 0 aromatic carbocycles. The van der Waals surface area contributed by atoms with Crippen molar-refractivity contribution in [1.82, 2.24) is 14.9 Å². The van der Waals surface area contributed by atoms with Crippen molar-refractivity contribution in [2.75, 3.05) is 36.4 Å². The average Bonchev–Trinajstić information content (AvgIpc) is 2.93. The monoisotopic (exact) mass is 293 g/mol. The van der Waals surface area contributed by atoms with Crippen LogP contribution < -0.4 is 10.2 Å². The van der Waals surface area contributed by atoms with Crippen molar-refractivity contribution in [3.8, 4) is 0 Å². The molecule has 6 heteroatoms. The number of nitrogens with zero attached hydrogens (tertiary/aromatic N) is 4. The molecule has 2 aliphatic rings. The van der Waals surface area contributed by atoms with Gasteiger partial charge in [0.1, 0.15) is 0 Å². The number of fused-ring (bicyclic) bond motifs is 1. The van der Waals surface area contributed by atoms with E-state index in [1.165, 1.54) is 25.6 Å². The van der Waals surface area contributed by atoms with Crippen molar-refractivity contribution in [1.29, 1.82) is 0 Å². The second-order valence-electron chi connectivity index (χ2n) is 6.08. The predicted octanol–water partition coefficient (Wildman–Crippen LogP) is 2.11. The van der Waals surface area contributed by atoms with Crippen molar-refractivity contribution >= 4 is 11.8 Å². The first kappa shape index (κ1) is 14.5. The summed E-state index contributed by atoms with van der Waals surface area (Å²) in [5.41, 5.74) is 0. The molecule has 2 aliphatic heterocycles. The summed E-state index contributed by atoms with van der Waals surface area (Å²) in [5.74, 6) is 0.646. The Morgan fingerprint density at radius 1 is 1.43 bits per heavy atom. The van der Waals surface area contributed by atoms with Crippen LogP contribution in [0.15, 0.2) is 6.20 Å². The number of anilines is 2. The van der Waals surface area contributed by atoms with Crippen LogP contribution >= 0.6 is 0 Å². The number of halogens is 1. The first-order chi connectivity index (χ1) is 10.2. The maximum Gasteiger partial charge on any atom is 0.224 e. The highest BCUT2D eigenvalue weighted by atomic mass is 19.1. The van der Waals surface area contributed by atoms with Crippen LogP contribution in [-0.4, -0.2) is 53.1 Å². The lowest BCUT2D eigenvalue weighted by Crippen LogP contribution is -2.55. The molecule has 0 spiro atoms. The van der Waals surface area contributed by atoms with Crippen LogP contribution in [0.1, 0.15) is 33.1 Å². The van der Waals surface area contributed by atoms with Gasteiger partial charge in [-0.2, -0.15) is 4.98 Å². The molecule has 3 rings (SSSR count). The van der Waals surface area contributed by atoms with E-state index in [0.717, 1.165) is 26.1 Å². The van der Waals surface area contributed by atoms with E-state index in [-0.39, 0.29) is 11.9 Å². The maximum absolute atomic E-state index is 14.2. The van der Waals surface area contributed by atoms with Gasteiger partial charge in [-0.15, -0.1) is 0 Å². The summed E-state index contributed by atoms with van der Waals surface area (Å²) in [4.78, 5) is 13.1. The molecule has 0 radical (unpaired) electrons. The molecule has 2 atom stereocenters. The Morgan fingerprint density at radius 3 is 3.10 bits per heavy atom. The van der Waals surface area contributed by atoms with Gasteiger partial charge < -0.3 is 10.2 Å². The number of aromatic nitrogens is 2. The van der Waals surface area contributed by atoms with Gasteiger partial charge in [-0.1, -0.05) is 6.92 Å². The van der Waals surface area contributed by atoms with E-state index >= 15 is 0 Å². The van der Waals surface area contributed by atoms with E-state index in [1.807, 2.05) is 0 Å². The smallest absolute Gasteiger partial charge is 0.224 e. The van der Waals surface area contributed by atoms with E-state index in [1.54, 1.807) is 0 Å². The van der Waals surface area contributed by atoms with Crippen LogP contribution in [0.4, 0.5) is 16.2 Å². The van der Waals surface area contributed by atoms with Crippen molar-refractivity contribution in [2.45, 2.75) is 45.2 Å². The molecule has 1 aromatic rings. The third-order valence-corrected chi connectivity index (χ3v) is 4.47. The Bertz CT molecular complexity index is 495. The largest absolute Gasteiger partial charge is 0.354 e. The molecule has 116 valence electrons. The molecular formula is C15H24FN5. The SMILES string of the molecule is CCCNc1ncc(F)c(N2CC3CCCN3CC2C)n1. The summed E-state index contributed by atoms with van der Waals surface area (Å²) in [5, 5.41) is 3.14. The van der Waals surface area contributed by atoms with Gasteiger partial charge in [-0.3, -0.25) is 4.90 Å². The van der Waals surface area contributed by atoms with Crippen LogP contribution in [0.3, 0.4) is 0 Å². The Kier molecular flexibility index (Phi) is 4.24. The van der Waals surface area contributed by atoms with Gasteiger partial charge in [-0.25, -0.2) is 9.37 Å². The minimum Gasteiger partial charge on any atom is -0.354 e. The summed E-state index contributed by atoms with van der Waals surface area (Å²) in [6, 6.07) is 0.824. The number of rotatable bonds is 4. The number of hydrogen-bond acceptors (Lipinski definition) is 5. The molecule has 3 heterocycles. The van der Waals surface area contributed by atoms with E-state index in [2.05, 4.69) is 38.9 Å². The Hall–Kier alpha value is -1.43. The quantitative estimate of drug-likeness (QED) is 0.921. The zero-order chi connectivity index (χ0) is 14.8. The Balaban J connectivity index is 1.81. The zero-order valence-corrected chi connectivity index (χ0v) is 12.8. The van der Waals surface area contributed by atoms with Gasteiger partial charge in [0.15, 0.2) is 11.6 Å². The first-order valence-electron chi connectivity index (χ1n) is 7.96. The fourth-order valence-electron chi connectivity index (χ4n) is 3.36. The standard InChI is InChI=1S/C15H24FN5/c1-3-6-17-15-18-8-13(16)14(19-15)21-10-12-5-4-7-20(12)9-11(21)2/h8,11-12H,3-7,9-10H2,1-2H3,(H,17,18,19). The molecule has 0 saturated carbocycles. The van der Waals surface area contributed by atoms with Crippen molar-refractivity contribution < 1.29 is 4.39 Å². The highest BCUT2D eigenvalue weighted by Gasteiger charge is 2.36. The normalized spacial score (nSPS) is 26.0. The van der Waals surface area contributed by atoms with Crippen molar-refractivity contribution in [3.63, 3.8) is 0 Å². The topological polar surface area (TPSA) is 44.3 Å². The molecule has 0 amide bonds. The Morgan fingerprint density at radius 2 is 2.29 bits per heavy atom. The lowest BCUT2D eigenvalue weighted by atomic mass is 10.1. The maximum atomic E-state index is 14.2. The molecule has 5 nitrogen and oxygen atoms in total. The molecule has 0 bridgehead atoms. The minimum absolute atomic E-state index is 0.280. The summed E-state index contributed by atoms with van der Waals surface area (Å²) in [6.07, 6.45) is 4.74. The van der Waals surface area contributed by atoms with Gasteiger partial charge in [0.05, 0.1) is 6.20 Å². The zero-order valence-electron chi connectivity index (χ0n) is 12.8. The molecular weight excluding hydrogens is 269 g/mol. The second kappa shape index (κ2) is 6.13. The molecule has 1 N–H and O–H groups in total. The van der Waals surface area contributed by atoms with E-state index in [4.69, 9.17) is 0 Å². The highest BCUT2D eigenvalue weighted by molar-refractivity contribution is 5.46. The number of nitrogens with one attached hydrogen (secondary N) is 1. The van der Waals surface area contributed by atoms with Gasteiger partial charge in [0.25, 0.3) is 0 Å². The van der Waals surface area contributed by atoms with Crippen LogP contribution in [0.5, 0.6) is 0 Å². The van der Waals surface area contributed by atoms with Crippen LogP contribution in [0.2, 0.25) is 0 Å². The average molecular weight is 293 g/mol. The fraction of sp³-hybridized carbons (Fsp3) is 0.733. The molecule has 2 saturated heterocycles. The Labute approximate surface area is 125 Å². The fourth-order valence-corrected chi connectivity index (χ4v) is 3.36. The van der Waals surface area contributed by atoms with E-state index < -0.39 is 0 Å². The minimum atomic E-state index is -0.324. The lowest BCUT2D eigenvalue weighted by Gasteiger charge is -2.43. The van der Waals surface area contributed by atoms with Gasteiger partial charge in [-0.05, 0) is 32.7 Å². The number of hydrogen-bond donors (Lipinski definition) is 1. The summed E-state index contributed by atoms with van der Waals surface area (Å²) >= 11 is 0. The summed E-state index contributed by atoms with van der Waals surface area (Å²) in [6.45, 7) is 8.07. The predicted molar refractivity (Wildman–Crippen MR) is 82.2 cm³/mol. The second-order valence-corrected chi connectivity index (χ2v) is 6.08. The van der Waals surface area contributed by atoms with Crippen molar-refractivity contribution in [3.05, 3.63) is 12.0 Å². The summed E-state index contributed by atoms with van der Waals surface area (Å²) < 4.78 is 14.2. The molecule has 2 fully saturated rings. The van der Waals surface area contributed by atoms with E-state index in [0.29, 0.717) is 17.8 Å². The van der Waals surface area contributed by atoms with Crippen LogP contribution in [-0.2, 0) is 0 Å². The van der Waals surface area contributed by atoms with Crippen LogP contribution in [0.25, 0.3) is 0 Å². The third-order valence-electron chi connectivity index (χ3n) is 4.47. The van der Waals surface area contributed by atoms with Gasteiger partial charge in [0.2, 0.25) is 5.95 Å². The lowest BCUT2D eigenvalue weighted by molar-refractivity contribution is 0.201. The van der Waals surface area contributed by atoms with Gasteiger partial charge >= 0.3 is 0 Å². The van der Waals surface area contributed by atoms with E-state index in [9.17, 15) is 4.39 Å². The van der Waals surface area contributed by atoms with Gasteiger partial charge in [0, 0.05) is 31.7 Å². The molecule has 0 aliphatic carbocycles. The molecule has 1 aromatic heterocycles. The first-order valence-corrected chi connectivity index (χ1v) is 7.96. The molecule has 2 unspecified atom stereocenters. The van der Waals surface area contributed by atoms with Crippen LogP contribution in [0, 0.1) is 5.82 Å². The third kappa shape index (κ3) is 2.95. The van der Waals surface area contributed by atoms with Crippen molar-refractivity contribution in [2.24, 2.45) is 0 Å². The number of piperazine rings is 1. The molecule has 21 heavy (non-hydrogen) atoms. The highest BCUT2D eigenvalue weighted by Crippen LogP contribution is 2.29. The summed E-state index contributed by atoms with van der Waals surface area (Å²) in [7, 11) is 0.